The maximum absolute atomic E-state index is 13.4. The average molecular weight is 410 g/mol. The van der Waals surface area contributed by atoms with Crippen molar-refractivity contribution in [3.05, 3.63) is 59.4 Å². The molecule has 156 valence electrons. The molecule has 0 N–H and O–H groups in total. The lowest BCUT2D eigenvalue weighted by atomic mass is 9.88. The van der Waals surface area contributed by atoms with Gasteiger partial charge in [-0.3, -0.25) is 9.59 Å². The second kappa shape index (κ2) is 7.63. The van der Waals surface area contributed by atoms with Gasteiger partial charge in [0.15, 0.2) is 11.5 Å². The Labute approximate surface area is 174 Å². The van der Waals surface area contributed by atoms with Crippen molar-refractivity contribution in [2.45, 2.75) is 18.8 Å². The number of amides is 2. The molecule has 5 rings (SSSR count). The summed E-state index contributed by atoms with van der Waals surface area (Å²) >= 11 is 0. The van der Waals surface area contributed by atoms with Gasteiger partial charge in [0.2, 0.25) is 12.7 Å². The fraction of sp³-hybridized carbons (Fsp3) is 0.391. The third-order valence-corrected chi connectivity index (χ3v) is 6.26. The Morgan fingerprint density at radius 2 is 1.63 bits per heavy atom. The molecule has 2 fully saturated rings. The van der Waals surface area contributed by atoms with Gasteiger partial charge in [0.1, 0.15) is 5.82 Å². The first-order valence-corrected chi connectivity index (χ1v) is 10.3. The summed E-state index contributed by atoms with van der Waals surface area (Å²) in [6.45, 7) is 2.45. The van der Waals surface area contributed by atoms with Crippen LogP contribution in [0, 0.1) is 11.7 Å². The highest BCUT2D eigenvalue weighted by Gasteiger charge is 2.42. The standard InChI is InChI=1S/C23H23FN2O4/c24-17-6-3-15(4-7-17)18-12-26(13-19(18)23(28)25-9-1-2-10-25)22(27)16-5-8-20-21(11-16)30-14-29-20/h3-8,11,18-19H,1-2,9-10,12-14H2. The number of rotatable bonds is 3. The van der Waals surface area contributed by atoms with Crippen molar-refractivity contribution in [1.82, 2.24) is 9.80 Å². The van der Waals surface area contributed by atoms with Gasteiger partial charge in [0.05, 0.1) is 5.92 Å². The number of carbonyl (C=O) groups excluding carboxylic acids is 2. The van der Waals surface area contributed by atoms with Gasteiger partial charge in [-0.2, -0.15) is 0 Å². The Morgan fingerprint density at radius 1 is 0.900 bits per heavy atom. The van der Waals surface area contributed by atoms with Crippen molar-refractivity contribution in [1.29, 1.82) is 0 Å². The minimum atomic E-state index is -0.327. The van der Waals surface area contributed by atoms with Gasteiger partial charge >= 0.3 is 0 Å². The average Bonchev–Trinajstić information content (AvgIpc) is 3.53. The molecular formula is C23H23FN2O4. The van der Waals surface area contributed by atoms with Crippen LogP contribution in [0.1, 0.15) is 34.7 Å². The number of fused-ring (bicyclic) bond motifs is 1. The van der Waals surface area contributed by atoms with Crippen LogP contribution in [0.3, 0.4) is 0 Å². The molecule has 3 heterocycles. The van der Waals surface area contributed by atoms with Gasteiger partial charge in [-0.15, -0.1) is 0 Å². The molecule has 0 aromatic heterocycles. The fourth-order valence-electron chi connectivity index (χ4n) is 4.65. The molecule has 0 spiro atoms. The van der Waals surface area contributed by atoms with E-state index in [1.165, 1.54) is 12.1 Å². The summed E-state index contributed by atoms with van der Waals surface area (Å²) in [5, 5.41) is 0. The van der Waals surface area contributed by atoms with E-state index in [2.05, 4.69) is 0 Å². The minimum absolute atomic E-state index is 0.0859. The molecule has 6 nitrogen and oxygen atoms in total. The Morgan fingerprint density at radius 3 is 2.40 bits per heavy atom. The zero-order valence-corrected chi connectivity index (χ0v) is 16.6. The van der Waals surface area contributed by atoms with Crippen LogP contribution in [0.4, 0.5) is 4.39 Å². The van der Waals surface area contributed by atoms with E-state index in [0.29, 0.717) is 30.2 Å². The summed E-state index contributed by atoms with van der Waals surface area (Å²) in [6, 6.07) is 11.4. The van der Waals surface area contributed by atoms with Crippen LogP contribution >= 0.6 is 0 Å². The van der Waals surface area contributed by atoms with Gasteiger partial charge in [0.25, 0.3) is 5.91 Å². The molecule has 0 saturated carbocycles. The highest BCUT2D eigenvalue weighted by molar-refractivity contribution is 5.96. The summed E-state index contributed by atoms with van der Waals surface area (Å²) in [6.07, 6.45) is 2.03. The Hall–Kier alpha value is -3.09. The number of ether oxygens (including phenoxy) is 2. The lowest BCUT2D eigenvalue weighted by Gasteiger charge is -2.24. The number of carbonyl (C=O) groups is 2. The highest BCUT2D eigenvalue weighted by Crippen LogP contribution is 2.37. The molecule has 2 aromatic carbocycles. The van der Waals surface area contributed by atoms with Crippen LogP contribution < -0.4 is 9.47 Å². The van der Waals surface area contributed by atoms with Gasteiger partial charge < -0.3 is 19.3 Å². The molecular weight excluding hydrogens is 387 g/mol. The third-order valence-electron chi connectivity index (χ3n) is 6.26. The summed E-state index contributed by atoms with van der Waals surface area (Å²) in [5.74, 6) is 0.328. The van der Waals surface area contributed by atoms with E-state index in [9.17, 15) is 14.0 Å². The Balaban J connectivity index is 1.41. The first-order chi connectivity index (χ1) is 14.6. The van der Waals surface area contributed by atoms with Crippen LogP contribution in [-0.2, 0) is 4.79 Å². The highest BCUT2D eigenvalue weighted by atomic mass is 19.1. The lowest BCUT2D eigenvalue weighted by Crippen LogP contribution is -2.37. The SMILES string of the molecule is O=C(c1ccc2c(c1)OCO2)N1CC(C(=O)N2CCCC2)C(c2ccc(F)cc2)C1. The van der Waals surface area contributed by atoms with Crippen molar-refractivity contribution in [2.75, 3.05) is 33.0 Å². The van der Waals surface area contributed by atoms with E-state index in [-0.39, 0.29) is 36.3 Å². The third kappa shape index (κ3) is 3.38. The molecule has 2 saturated heterocycles. The number of hydrogen-bond donors (Lipinski definition) is 0. The van der Waals surface area contributed by atoms with Crippen LogP contribution in [-0.4, -0.2) is 54.6 Å². The van der Waals surface area contributed by atoms with E-state index >= 15 is 0 Å². The normalized spacial score (nSPS) is 22.6. The van der Waals surface area contributed by atoms with Crippen molar-refractivity contribution >= 4 is 11.8 Å². The number of hydrogen-bond acceptors (Lipinski definition) is 4. The number of likely N-dealkylation sites (tertiary alicyclic amines) is 2. The molecule has 2 unspecified atom stereocenters. The minimum Gasteiger partial charge on any atom is -0.454 e. The number of nitrogens with zero attached hydrogens (tertiary/aromatic N) is 2. The van der Waals surface area contributed by atoms with Crippen molar-refractivity contribution in [2.24, 2.45) is 5.92 Å². The molecule has 3 aliphatic rings. The van der Waals surface area contributed by atoms with Crippen LogP contribution in [0.15, 0.2) is 42.5 Å². The zero-order chi connectivity index (χ0) is 20.7. The van der Waals surface area contributed by atoms with E-state index < -0.39 is 0 Å². The van der Waals surface area contributed by atoms with E-state index in [1.54, 1.807) is 35.2 Å². The monoisotopic (exact) mass is 410 g/mol. The van der Waals surface area contributed by atoms with E-state index in [0.717, 1.165) is 31.5 Å². The van der Waals surface area contributed by atoms with Gasteiger partial charge in [-0.25, -0.2) is 4.39 Å². The molecule has 2 atom stereocenters. The van der Waals surface area contributed by atoms with Gasteiger partial charge in [0, 0.05) is 37.7 Å². The van der Waals surface area contributed by atoms with Crippen molar-refractivity contribution in [3.63, 3.8) is 0 Å². The molecule has 7 heteroatoms. The topological polar surface area (TPSA) is 59.1 Å². The number of benzene rings is 2. The van der Waals surface area contributed by atoms with E-state index in [1.807, 2.05) is 4.90 Å². The summed E-state index contributed by atoms with van der Waals surface area (Å²) in [5.41, 5.74) is 1.39. The van der Waals surface area contributed by atoms with Gasteiger partial charge in [-0.1, -0.05) is 12.1 Å². The molecule has 2 amide bonds. The summed E-state index contributed by atoms with van der Waals surface area (Å²) in [4.78, 5) is 30.1. The molecule has 0 radical (unpaired) electrons. The van der Waals surface area contributed by atoms with Crippen LogP contribution in [0.2, 0.25) is 0 Å². The Bertz CT molecular complexity index is 972. The first kappa shape index (κ1) is 18.9. The largest absolute Gasteiger partial charge is 0.454 e. The number of halogens is 1. The smallest absolute Gasteiger partial charge is 0.254 e. The second-order valence-corrected chi connectivity index (χ2v) is 8.08. The van der Waals surface area contributed by atoms with E-state index in [4.69, 9.17) is 9.47 Å². The summed E-state index contributed by atoms with van der Waals surface area (Å²) in [7, 11) is 0. The van der Waals surface area contributed by atoms with Crippen LogP contribution in [0.5, 0.6) is 11.5 Å². The zero-order valence-electron chi connectivity index (χ0n) is 16.6. The Kier molecular flexibility index (Phi) is 4.81. The second-order valence-electron chi connectivity index (χ2n) is 8.08. The molecule has 0 bridgehead atoms. The summed E-state index contributed by atoms with van der Waals surface area (Å²) < 4.78 is 24.2. The fourth-order valence-corrected chi connectivity index (χ4v) is 4.65. The maximum Gasteiger partial charge on any atom is 0.254 e. The van der Waals surface area contributed by atoms with Crippen LogP contribution in [0.25, 0.3) is 0 Å². The maximum atomic E-state index is 13.4. The molecule has 2 aromatic rings. The van der Waals surface area contributed by atoms with Crippen molar-refractivity contribution in [3.8, 4) is 11.5 Å². The lowest BCUT2D eigenvalue weighted by molar-refractivity contribution is -0.134. The van der Waals surface area contributed by atoms with Crippen molar-refractivity contribution < 1.29 is 23.5 Å². The molecule has 30 heavy (non-hydrogen) atoms. The van der Waals surface area contributed by atoms with Gasteiger partial charge in [-0.05, 0) is 48.7 Å². The molecule has 3 aliphatic heterocycles. The first-order valence-electron chi connectivity index (χ1n) is 10.3. The quantitative estimate of drug-likeness (QED) is 0.781. The predicted molar refractivity (Wildman–Crippen MR) is 107 cm³/mol. The molecule has 0 aliphatic carbocycles. The predicted octanol–water partition coefficient (Wildman–Crippen LogP) is 3.03.